The van der Waals surface area contributed by atoms with E-state index >= 15 is 0 Å². The number of aryl methyl sites for hydroxylation is 1. The van der Waals surface area contributed by atoms with Crippen molar-refractivity contribution in [3.05, 3.63) is 52.7 Å². The maximum Gasteiger partial charge on any atom is 0.422 e. The number of benzene rings is 1. The van der Waals surface area contributed by atoms with E-state index in [9.17, 15) is 18.0 Å². The van der Waals surface area contributed by atoms with Crippen LogP contribution in [0.3, 0.4) is 0 Å². The van der Waals surface area contributed by atoms with Crippen molar-refractivity contribution in [1.29, 1.82) is 0 Å². The molecule has 4 nitrogen and oxygen atoms in total. The molecule has 0 N–H and O–H groups in total. The minimum atomic E-state index is -4.38. The molecule has 0 aliphatic carbocycles. The van der Waals surface area contributed by atoms with Crippen LogP contribution in [0, 0.1) is 0 Å². The van der Waals surface area contributed by atoms with Crippen molar-refractivity contribution in [2.24, 2.45) is 0 Å². The highest BCUT2D eigenvalue weighted by atomic mass is 19.4. The summed E-state index contributed by atoms with van der Waals surface area (Å²) in [6, 6.07) is 7.21. The largest absolute Gasteiger partial charge is 0.484 e. The van der Waals surface area contributed by atoms with Crippen molar-refractivity contribution in [3.8, 4) is 11.4 Å². The molecule has 7 heteroatoms. The van der Waals surface area contributed by atoms with Gasteiger partial charge in [0.1, 0.15) is 11.6 Å². The first-order valence-electron chi connectivity index (χ1n) is 6.77. The van der Waals surface area contributed by atoms with Crippen molar-refractivity contribution in [2.45, 2.75) is 25.9 Å². The standard InChI is InChI=1S/C15H15F3N2O2/c1-2-3-13-19-9-8-14(21)20(13)11-4-6-12(7-5-11)22-10-15(16,17)18/h4-9H,2-3,10H2,1H3. The second-order valence-corrected chi connectivity index (χ2v) is 4.68. The Kier molecular flexibility index (Phi) is 4.85. The fourth-order valence-electron chi connectivity index (χ4n) is 1.98. The molecule has 0 unspecified atom stereocenters. The van der Waals surface area contributed by atoms with Gasteiger partial charge in [-0.25, -0.2) is 4.98 Å². The van der Waals surface area contributed by atoms with Gasteiger partial charge in [0.05, 0.1) is 5.69 Å². The van der Waals surface area contributed by atoms with Crippen LogP contribution in [0.1, 0.15) is 19.2 Å². The first-order valence-corrected chi connectivity index (χ1v) is 6.77. The summed E-state index contributed by atoms with van der Waals surface area (Å²) in [7, 11) is 0. The second-order valence-electron chi connectivity index (χ2n) is 4.68. The van der Waals surface area contributed by atoms with Crippen LogP contribution < -0.4 is 10.3 Å². The predicted molar refractivity (Wildman–Crippen MR) is 75.4 cm³/mol. The minimum Gasteiger partial charge on any atom is -0.484 e. The van der Waals surface area contributed by atoms with Crippen LogP contribution in [0.2, 0.25) is 0 Å². The summed E-state index contributed by atoms with van der Waals surface area (Å²) in [4.78, 5) is 16.2. The molecule has 0 radical (unpaired) electrons. The quantitative estimate of drug-likeness (QED) is 0.852. The lowest BCUT2D eigenvalue weighted by atomic mass is 10.2. The highest BCUT2D eigenvalue weighted by Crippen LogP contribution is 2.20. The molecule has 1 heterocycles. The highest BCUT2D eigenvalue weighted by molar-refractivity contribution is 5.38. The zero-order chi connectivity index (χ0) is 16.2. The highest BCUT2D eigenvalue weighted by Gasteiger charge is 2.28. The van der Waals surface area contributed by atoms with E-state index in [1.807, 2.05) is 6.92 Å². The zero-order valence-electron chi connectivity index (χ0n) is 11.9. The summed E-state index contributed by atoms with van der Waals surface area (Å²) in [6.07, 6.45) is -1.48. The molecular formula is C15H15F3N2O2. The molecule has 1 aromatic carbocycles. The van der Waals surface area contributed by atoms with Crippen LogP contribution in [0.4, 0.5) is 13.2 Å². The molecular weight excluding hydrogens is 297 g/mol. The van der Waals surface area contributed by atoms with Crippen LogP contribution in [-0.4, -0.2) is 22.3 Å². The van der Waals surface area contributed by atoms with E-state index in [4.69, 9.17) is 0 Å². The second kappa shape index (κ2) is 6.64. The first-order chi connectivity index (χ1) is 10.4. The average molecular weight is 312 g/mol. The van der Waals surface area contributed by atoms with Gasteiger partial charge in [-0.15, -0.1) is 0 Å². The molecule has 0 fully saturated rings. The summed E-state index contributed by atoms with van der Waals surface area (Å²) in [5.41, 5.74) is 0.309. The van der Waals surface area contributed by atoms with Gasteiger partial charge in [0, 0.05) is 18.7 Å². The van der Waals surface area contributed by atoms with Gasteiger partial charge in [-0.2, -0.15) is 13.2 Å². The van der Waals surface area contributed by atoms with Gasteiger partial charge in [0.25, 0.3) is 5.56 Å². The van der Waals surface area contributed by atoms with Gasteiger partial charge in [-0.3, -0.25) is 9.36 Å². The molecule has 22 heavy (non-hydrogen) atoms. The van der Waals surface area contributed by atoms with Crippen LogP contribution >= 0.6 is 0 Å². The van der Waals surface area contributed by atoms with E-state index < -0.39 is 12.8 Å². The smallest absolute Gasteiger partial charge is 0.422 e. The molecule has 0 atom stereocenters. The zero-order valence-corrected chi connectivity index (χ0v) is 11.9. The topological polar surface area (TPSA) is 44.1 Å². The lowest BCUT2D eigenvalue weighted by Gasteiger charge is -2.12. The monoisotopic (exact) mass is 312 g/mol. The molecule has 0 saturated heterocycles. The molecule has 2 rings (SSSR count). The molecule has 0 saturated carbocycles. The summed E-state index contributed by atoms with van der Waals surface area (Å²) in [5, 5.41) is 0. The number of rotatable bonds is 5. The van der Waals surface area contributed by atoms with E-state index in [0.29, 0.717) is 17.9 Å². The number of hydrogen-bond donors (Lipinski definition) is 0. The van der Waals surface area contributed by atoms with Crippen molar-refractivity contribution in [2.75, 3.05) is 6.61 Å². The van der Waals surface area contributed by atoms with Crippen LogP contribution in [0.5, 0.6) is 5.75 Å². The maximum absolute atomic E-state index is 12.1. The molecule has 0 aliphatic heterocycles. The van der Waals surface area contributed by atoms with Gasteiger partial charge in [-0.1, -0.05) is 6.92 Å². The van der Waals surface area contributed by atoms with Crippen molar-refractivity contribution in [1.82, 2.24) is 9.55 Å². The lowest BCUT2D eigenvalue weighted by molar-refractivity contribution is -0.153. The molecule has 118 valence electrons. The Morgan fingerprint density at radius 2 is 1.86 bits per heavy atom. The fourth-order valence-corrected chi connectivity index (χ4v) is 1.98. The first kappa shape index (κ1) is 16.1. The summed E-state index contributed by atoms with van der Waals surface area (Å²) in [6.45, 7) is 0.623. The van der Waals surface area contributed by atoms with Crippen LogP contribution in [-0.2, 0) is 6.42 Å². The number of halogens is 3. The number of alkyl halides is 3. The summed E-state index contributed by atoms with van der Waals surface area (Å²) < 4.78 is 42.4. The molecule has 0 spiro atoms. The number of hydrogen-bond acceptors (Lipinski definition) is 3. The predicted octanol–water partition coefficient (Wildman–Crippen LogP) is 3.13. The van der Waals surface area contributed by atoms with E-state index in [0.717, 1.165) is 6.42 Å². The van der Waals surface area contributed by atoms with Gasteiger partial charge in [0.2, 0.25) is 0 Å². The SMILES string of the molecule is CCCc1nccc(=O)n1-c1ccc(OCC(F)(F)F)cc1. The average Bonchev–Trinajstić information content (AvgIpc) is 2.46. The fraction of sp³-hybridized carbons (Fsp3) is 0.333. The van der Waals surface area contributed by atoms with Gasteiger partial charge in [0.15, 0.2) is 6.61 Å². The van der Waals surface area contributed by atoms with E-state index in [1.54, 1.807) is 0 Å². The minimum absolute atomic E-state index is 0.0926. The Bertz CT molecular complexity index is 678. The van der Waals surface area contributed by atoms with Gasteiger partial charge < -0.3 is 4.74 Å². The number of aromatic nitrogens is 2. The molecule has 2 aromatic rings. The Morgan fingerprint density at radius 3 is 2.45 bits per heavy atom. The third-order valence-corrected chi connectivity index (χ3v) is 2.89. The Labute approximate surface area is 125 Å². The van der Waals surface area contributed by atoms with E-state index in [2.05, 4.69) is 9.72 Å². The summed E-state index contributed by atoms with van der Waals surface area (Å²) >= 11 is 0. The van der Waals surface area contributed by atoms with E-state index in [1.165, 1.54) is 41.1 Å². The van der Waals surface area contributed by atoms with Gasteiger partial charge >= 0.3 is 6.18 Å². The lowest BCUT2D eigenvalue weighted by Crippen LogP contribution is -2.22. The Hall–Kier alpha value is -2.31. The third kappa shape index (κ3) is 4.09. The molecule has 0 aliphatic rings. The van der Waals surface area contributed by atoms with Crippen molar-refractivity contribution < 1.29 is 17.9 Å². The maximum atomic E-state index is 12.1. The van der Waals surface area contributed by atoms with Crippen molar-refractivity contribution in [3.63, 3.8) is 0 Å². The third-order valence-electron chi connectivity index (χ3n) is 2.89. The molecule has 0 bridgehead atoms. The number of nitrogens with zero attached hydrogens (tertiary/aromatic N) is 2. The van der Waals surface area contributed by atoms with Gasteiger partial charge in [-0.05, 0) is 30.7 Å². The number of ether oxygens (including phenoxy) is 1. The molecule has 1 aromatic heterocycles. The van der Waals surface area contributed by atoms with Crippen LogP contribution in [0.15, 0.2) is 41.3 Å². The Morgan fingerprint density at radius 1 is 1.18 bits per heavy atom. The molecule has 0 amide bonds. The Balaban J connectivity index is 2.26. The van der Waals surface area contributed by atoms with E-state index in [-0.39, 0.29) is 11.3 Å². The van der Waals surface area contributed by atoms with Crippen molar-refractivity contribution >= 4 is 0 Å². The van der Waals surface area contributed by atoms with Crippen LogP contribution in [0.25, 0.3) is 5.69 Å². The summed E-state index contributed by atoms with van der Waals surface area (Å²) in [5.74, 6) is 0.703. The normalized spacial score (nSPS) is 11.5.